The molecule has 1 amide bonds. The molecule has 0 atom stereocenters. The molecule has 0 unspecified atom stereocenters. The first kappa shape index (κ1) is 18.0. The van der Waals surface area contributed by atoms with Crippen LogP contribution in [0.2, 0.25) is 0 Å². The number of para-hydroxylation sites is 1. The van der Waals surface area contributed by atoms with Gasteiger partial charge in [-0.1, -0.05) is 46.3 Å². The fraction of sp³-hybridized carbons (Fsp3) is 0.182. The van der Waals surface area contributed by atoms with Crippen LogP contribution in [-0.4, -0.2) is 25.7 Å². The first-order chi connectivity index (χ1) is 14.2. The van der Waals surface area contributed by atoms with E-state index in [1.165, 1.54) is 0 Å². The average molecular weight is 448 g/mol. The first-order valence-corrected chi connectivity index (χ1v) is 10.3. The molecule has 7 heteroatoms. The van der Waals surface area contributed by atoms with Gasteiger partial charge in [-0.15, -0.1) is 10.2 Å². The van der Waals surface area contributed by atoms with E-state index in [0.717, 1.165) is 57.7 Å². The highest BCUT2D eigenvalue weighted by molar-refractivity contribution is 9.10. The molecule has 2 aromatic carbocycles. The number of rotatable bonds is 4. The van der Waals surface area contributed by atoms with Crippen LogP contribution in [0.25, 0.3) is 22.2 Å². The average Bonchev–Trinajstić information content (AvgIpc) is 3.36. The Balaban J connectivity index is 1.49. The zero-order valence-corrected chi connectivity index (χ0v) is 17.2. The van der Waals surface area contributed by atoms with E-state index < -0.39 is 0 Å². The van der Waals surface area contributed by atoms with E-state index in [0.29, 0.717) is 12.1 Å². The molecular formula is C22H18BrN5O. The molecule has 0 aliphatic carbocycles. The van der Waals surface area contributed by atoms with Crippen LogP contribution in [0.4, 0.5) is 0 Å². The quantitative estimate of drug-likeness (QED) is 0.510. The lowest BCUT2D eigenvalue weighted by Gasteiger charge is -2.11. The first-order valence-electron chi connectivity index (χ1n) is 9.54. The lowest BCUT2D eigenvalue weighted by molar-refractivity contribution is 0.0951. The van der Waals surface area contributed by atoms with Gasteiger partial charge in [-0.05, 0) is 30.7 Å². The van der Waals surface area contributed by atoms with Gasteiger partial charge in [-0.3, -0.25) is 4.79 Å². The lowest BCUT2D eigenvalue weighted by Crippen LogP contribution is -2.25. The molecule has 0 saturated carbocycles. The largest absolute Gasteiger partial charge is 0.345 e. The van der Waals surface area contributed by atoms with Gasteiger partial charge >= 0.3 is 0 Å². The molecular weight excluding hydrogens is 430 g/mol. The molecule has 1 aliphatic heterocycles. The number of aryl methyl sites for hydroxylation is 1. The molecule has 3 heterocycles. The minimum atomic E-state index is -0.141. The maximum absolute atomic E-state index is 13.1. The molecule has 6 nitrogen and oxygen atoms in total. The van der Waals surface area contributed by atoms with Crippen molar-refractivity contribution in [3.63, 3.8) is 0 Å². The van der Waals surface area contributed by atoms with Crippen molar-refractivity contribution < 1.29 is 4.79 Å². The van der Waals surface area contributed by atoms with Gasteiger partial charge in [0.25, 0.3) is 5.91 Å². The van der Waals surface area contributed by atoms with Crippen molar-refractivity contribution in [3.05, 3.63) is 76.3 Å². The van der Waals surface area contributed by atoms with Crippen LogP contribution in [0.15, 0.2) is 59.1 Å². The van der Waals surface area contributed by atoms with Crippen molar-refractivity contribution >= 4 is 32.7 Å². The van der Waals surface area contributed by atoms with Crippen LogP contribution < -0.4 is 5.32 Å². The minimum absolute atomic E-state index is 0.141. The Hall–Kier alpha value is -3.06. The van der Waals surface area contributed by atoms with E-state index >= 15 is 0 Å². The molecule has 0 bridgehead atoms. The summed E-state index contributed by atoms with van der Waals surface area (Å²) in [6.45, 7) is 1.27. The number of nitrogens with one attached hydrogen (secondary N) is 1. The second-order valence-electron chi connectivity index (χ2n) is 7.05. The predicted molar refractivity (Wildman–Crippen MR) is 114 cm³/mol. The SMILES string of the molecule is O=C(NCc1nnc2n1CCC2)c1cc(-c2ccc(Br)cc2)nc2ccccc12. The topological polar surface area (TPSA) is 72.7 Å². The highest BCUT2D eigenvalue weighted by Crippen LogP contribution is 2.26. The molecule has 0 fully saturated rings. The Morgan fingerprint density at radius 1 is 1.10 bits per heavy atom. The maximum Gasteiger partial charge on any atom is 0.252 e. The summed E-state index contributed by atoms with van der Waals surface area (Å²) in [6, 6.07) is 17.5. The number of carbonyl (C=O) groups excluding carboxylic acids is 1. The number of carbonyl (C=O) groups is 1. The Bertz CT molecular complexity index is 1220. The second-order valence-corrected chi connectivity index (χ2v) is 7.97. The van der Waals surface area contributed by atoms with Gasteiger partial charge in [0.15, 0.2) is 5.82 Å². The van der Waals surface area contributed by atoms with E-state index in [9.17, 15) is 4.79 Å². The van der Waals surface area contributed by atoms with Crippen molar-refractivity contribution in [2.24, 2.45) is 0 Å². The van der Waals surface area contributed by atoms with Crippen molar-refractivity contribution in [1.82, 2.24) is 25.1 Å². The van der Waals surface area contributed by atoms with Crippen LogP contribution in [-0.2, 0) is 19.5 Å². The van der Waals surface area contributed by atoms with Gasteiger partial charge in [0, 0.05) is 28.4 Å². The molecule has 0 saturated heterocycles. The number of hydrogen-bond acceptors (Lipinski definition) is 4. The van der Waals surface area contributed by atoms with Crippen molar-refractivity contribution in [2.45, 2.75) is 25.9 Å². The van der Waals surface area contributed by atoms with Crippen LogP contribution in [0, 0.1) is 0 Å². The standard InChI is InChI=1S/C22H18BrN5O/c23-15-9-7-14(8-10-15)19-12-17(16-4-1-2-5-18(16)25-19)22(29)24-13-21-27-26-20-6-3-11-28(20)21/h1-2,4-5,7-10,12H,3,6,11,13H2,(H,24,29). The number of hydrogen-bond donors (Lipinski definition) is 1. The minimum Gasteiger partial charge on any atom is -0.345 e. The van der Waals surface area contributed by atoms with E-state index in [1.807, 2.05) is 54.6 Å². The summed E-state index contributed by atoms with van der Waals surface area (Å²) < 4.78 is 3.10. The zero-order chi connectivity index (χ0) is 19.8. The fourth-order valence-electron chi connectivity index (χ4n) is 3.73. The summed E-state index contributed by atoms with van der Waals surface area (Å²) in [5, 5.41) is 12.3. The highest BCUT2D eigenvalue weighted by Gasteiger charge is 2.19. The summed E-state index contributed by atoms with van der Waals surface area (Å²) >= 11 is 3.46. The van der Waals surface area contributed by atoms with Gasteiger partial charge in [0.1, 0.15) is 5.82 Å². The molecule has 4 aromatic rings. The number of halogens is 1. The normalized spacial score (nSPS) is 12.9. The molecule has 0 spiro atoms. The Morgan fingerprint density at radius 2 is 1.93 bits per heavy atom. The van der Waals surface area contributed by atoms with Crippen molar-refractivity contribution in [1.29, 1.82) is 0 Å². The van der Waals surface area contributed by atoms with Crippen LogP contribution in [0.3, 0.4) is 0 Å². The van der Waals surface area contributed by atoms with E-state index in [4.69, 9.17) is 4.98 Å². The lowest BCUT2D eigenvalue weighted by atomic mass is 10.0. The smallest absolute Gasteiger partial charge is 0.252 e. The summed E-state index contributed by atoms with van der Waals surface area (Å²) in [7, 11) is 0. The molecule has 1 N–H and O–H groups in total. The number of nitrogens with zero attached hydrogens (tertiary/aromatic N) is 4. The number of benzene rings is 2. The highest BCUT2D eigenvalue weighted by atomic mass is 79.9. The van der Waals surface area contributed by atoms with Crippen molar-refractivity contribution in [2.75, 3.05) is 0 Å². The molecule has 29 heavy (non-hydrogen) atoms. The van der Waals surface area contributed by atoms with E-state index in [1.54, 1.807) is 0 Å². The van der Waals surface area contributed by atoms with Crippen molar-refractivity contribution in [3.8, 4) is 11.3 Å². The zero-order valence-electron chi connectivity index (χ0n) is 15.6. The van der Waals surface area contributed by atoms with Crippen LogP contribution in [0.5, 0.6) is 0 Å². The Kier molecular flexibility index (Phi) is 4.60. The number of amides is 1. The van der Waals surface area contributed by atoms with Crippen LogP contribution in [0.1, 0.15) is 28.4 Å². The van der Waals surface area contributed by atoms with Gasteiger partial charge in [0.05, 0.1) is 23.3 Å². The number of fused-ring (bicyclic) bond motifs is 2. The van der Waals surface area contributed by atoms with Gasteiger partial charge < -0.3 is 9.88 Å². The van der Waals surface area contributed by atoms with Gasteiger partial charge in [0.2, 0.25) is 0 Å². The predicted octanol–water partition coefficient (Wildman–Crippen LogP) is 4.13. The molecule has 5 rings (SSSR count). The summed E-state index contributed by atoms with van der Waals surface area (Å²) in [5.41, 5.74) is 3.13. The number of aromatic nitrogens is 4. The van der Waals surface area contributed by atoms with E-state index in [-0.39, 0.29) is 5.91 Å². The summed E-state index contributed by atoms with van der Waals surface area (Å²) in [6.07, 6.45) is 2.03. The monoisotopic (exact) mass is 447 g/mol. The third-order valence-corrected chi connectivity index (χ3v) is 5.72. The van der Waals surface area contributed by atoms with Gasteiger partial charge in [-0.2, -0.15) is 0 Å². The third-order valence-electron chi connectivity index (χ3n) is 5.19. The summed E-state index contributed by atoms with van der Waals surface area (Å²) in [4.78, 5) is 17.8. The molecule has 0 radical (unpaired) electrons. The third kappa shape index (κ3) is 3.42. The Morgan fingerprint density at radius 3 is 2.79 bits per heavy atom. The second kappa shape index (κ2) is 7.40. The molecule has 2 aromatic heterocycles. The van der Waals surface area contributed by atoms with Gasteiger partial charge in [-0.25, -0.2) is 4.98 Å². The maximum atomic E-state index is 13.1. The number of pyridine rings is 1. The van der Waals surface area contributed by atoms with Crippen LogP contribution >= 0.6 is 15.9 Å². The molecule has 144 valence electrons. The summed E-state index contributed by atoms with van der Waals surface area (Å²) in [5.74, 6) is 1.66. The molecule has 1 aliphatic rings. The van der Waals surface area contributed by atoms with E-state index in [2.05, 4.69) is 36.0 Å². The fourth-order valence-corrected chi connectivity index (χ4v) is 3.99. The Labute approximate surface area is 176 Å².